The number of phosphoric ester groups is 2. The van der Waals surface area contributed by atoms with Gasteiger partial charge >= 0.3 is 15.6 Å². The fraction of sp³-hybridized carbons (Fsp3) is 0.545. The van der Waals surface area contributed by atoms with E-state index in [1.54, 1.807) is 7.05 Å². The monoisotopic (exact) mass is 476 g/mol. The van der Waals surface area contributed by atoms with E-state index in [1.807, 2.05) is 0 Å². The van der Waals surface area contributed by atoms with Gasteiger partial charge in [-0.2, -0.15) is 0 Å². The standard InChI is InChI=1S/C11H17N5O9P2.3H3N/c1-12-10-9-11(14-4-13-10)16(5-15-9)8-2-6(25-27(20,21)22)7(24-8)3-23-26(17,18)19;;;/h4-8H,2-3H2,1H3,(H,12,13,14)(H2,17,18,19)(H2,20,21,22);3*1H3/t6-,7?,8?;;;/m0.../s1. The van der Waals surface area contributed by atoms with Crippen molar-refractivity contribution >= 4 is 32.6 Å². The second-order valence-corrected chi connectivity index (χ2v) is 8.01. The van der Waals surface area contributed by atoms with Gasteiger partial charge in [-0.25, -0.2) is 24.1 Å². The van der Waals surface area contributed by atoms with Crippen LogP contribution < -0.4 is 23.8 Å². The molecule has 0 bridgehead atoms. The lowest BCUT2D eigenvalue weighted by molar-refractivity contribution is -0.0417. The van der Waals surface area contributed by atoms with E-state index in [0.29, 0.717) is 17.0 Å². The van der Waals surface area contributed by atoms with Gasteiger partial charge in [-0.05, 0) is 0 Å². The first-order valence-electron chi connectivity index (χ1n) is 7.52. The van der Waals surface area contributed by atoms with Crippen molar-refractivity contribution in [3.8, 4) is 0 Å². The third-order valence-corrected chi connectivity index (χ3v) is 4.80. The van der Waals surface area contributed by atoms with Crippen molar-refractivity contribution in [1.29, 1.82) is 0 Å². The third-order valence-electron chi connectivity index (χ3n) is 3.77. The predicted molar refractivity (Wildman–Crippen MR) is 103 cm³/mol. The number of fused-ring (bicyclic) bond motifs is 1. The highest BCUT2D eigenvalue weighted by Crippen LogP contribution is 2.45. The molecular formula is C11H26N8O9P2. The lowest BCUT2D eigenvalue weighted by Crippen LogP contribution is -2.28. The van der Waals surface area contributed by atoms with E-state index in [9.17, 15) is 9.13 Å². The van der Waals surface area contributed by atoms with Crippen LogP contribution in [-0.4, -0.2) is 65.0 Å². The maximum absolute atomic E-state index is 11.2. The van der Waals surface area contributed by atoms with Gasteiger partial charge in [0.2, 0.25) is 0 Å². The molecule has 0 spiro atoms. The van der Waals surface area contributed by atoms with Crippen LogP contribution in [0.2, 0.25) is 0 Å². The topological polar surface area (TPSA) is 303 Å². The van der Waals surface area contributed by atoms with E-state index in [2.05, 4.69) is 24.8 Å². The molecule has 174 valence electrons. The Hall–Kier alpha value is -1.59. The minimum Gasteiger partial charge on any atom is -0.371 e. The van der Waals surface area contributed by atoms with Gasteiger partial charge < -0.3 is 48.1 Å². The summed E-state index contributed by atoms with van der Waals surface area (Å²) in [4.78, 5) is 48.2. The molecule has 3 atom stereocenters. The van der Waals surface area contributed by atoms with Crippen molar-refractivity contribution in [3.63, 3.8) is 0 Å². The van der Waals surface area contributed by atoms with Crippen LogP contribution >= 0.6 is 15.6 Å². The SMILES string of the molecule is CNc1ncnc2c1ncn2C1C[C@H](OP(=O)(O)O)C(COP(=O)(O)O)O1.N.N.N. The van der Waals surface area contributed by atoms with Gasteiger partial charge in [-0.15, -0.1) is 0 Å². The molecule has 14 N–H and O–H groups in total. The summed E-state index contributed by atoms with van der Waals surface area (Å²) < 4.78 is 38.4. The second kappa shape index (κ2) is 10.6. The van der Waals surface area contributed by atoms with Crippen molar-refractivity contribution in [2.45, 2.75) is 24.9 Å². The molecular weight excluding hydrogens is 450 g/mol. The molecule has 17 nitrogen and oxygen atoms in total. The Morgan fingerprint density at radius 2 is 1.83 bits per heavy atom. The molecule has 3 rings (SSSR count). The number of rotatable bonds is 7. The lowest BCUT2D eigenvalue weighted by atomic mass is 10.2. The highest BCUT2D eigenvalue weighted by Gasteiger charge is 2.42. The summed E-state index contributed by atoms with van der Waals surface area (Å²) in [5.41, 5.74) is 0.844. The molecule has 1 saturated heterocycles. The molecule has 30 heavy (non-hydrogen) atoms. The van der Waals surface area contributed by atoms with Gasteiger partial charge in [-0.3, -0.25) is 13.6 Å². The van der Waals surface area contributed by atoms with E-state index in [-0.39, 0.29) is 24.9 Å². The van der Waals surface area contributed by atoms with Crippen molar-refractivity contribution in [2.75, 3.05) is 19.0 Å². The van der Waals surface area contributed by atoms with Gasteiger partial charge in [0.1, 0.15) is 30.3 Å². The van der Waals surface area contributed by atoms with Crippen LogP contribution in [-0.2, 0) is 22.9 Å². The van der Waals surface area contributed by atoms with Crippen LogP contribution in [0.3, 0.4) is 0 Å². The predicted octanol–water partition coefficient (Wildman–Crippen LogP) is 0.229. The van der Waals surface area contributed by atoms with Crippen molar-refractivity contribution < 1.29 is 42.5 Å². The summed E-state index contributed by atoms with van der Waals surface area (Å²) in [6.45, 7) is -0.630. The third kappa shape index (κ3) is 6.71. The van der Waals surface area contributed by atoms with Crippen LogP contribution in [0.25, 0.3) is 11.2 Å². The zero-order chi connectivity index (χ0) is 19.8. The summed E-state index contributed by atoms with van der Waals surface area (Å²) >= 11 is 0. The number of aromatic nitrogens is 4. The lowest BCUT2D eigenvalue weighted by Gasteiger charge is -2.19. The first kappa shape index (κ1) is 28.4. The Morgan fingerprint density at radius 3 is 2.40 bits per heavy atom. The van der Waals surface area contributed by atoms with Gasteiger partial charge in [0.25, 0.3) is 0 Å². The molecule has 1 fully saturated rings. The Labute approximate surface area is 170 Å². The fourth-order valence-corrected chi connectivity index (χ4v) is 3.64. The minimum absolute atomic E-state index is 0. The summed E-state index contributed by atoms with van der Waals surface area (Å²) in [5, 5.41) is 2.86. The quantitative estimate of drug-likeness (QED) is 0.248. The molecule has 1 aliphatic heterocycles. The molecule has 0 aromatic carbocycles. The van der Waals surface area contributed by atoms with Crippen LogP contribution in [0.5, 0.6) is 0 Å². The average molecular weight is 476 g/mol. The Bertz CT molecular complexity index is 917. The summed E-state index contributed by atoms with van der Waals surface area (Å²) in [7, 11) is -8.02. The fourth-order valence-electron chi connectivity index (χ4n) is 2.72. The molecule has 19 heteroatoms. The van der Waals surface area contributed by atoms with Crippen LogP contribution in [0.1, 0.15) is 12.6 Å². The maximum Gasteiger partial charge on any atom is 0.469 e. The van der Waals surface area contributed by atoms with Crippen molar-refractivity contribution in [1.82, 2.24) is 38.0 Å². The summed E-state index contributed by atoms with van der Waals surface area (Å²) in [6, 6.07) is 0. The first-order valence-corrected chi connectivity index (χ1v) is 10.6. The van der Waals surface area contributed by atoms with Crippen LogP contribution in [0, 0.1) is 0 Å². The molecule has 1 aliphatic rings. The van der Waals surface area contributed by atoms with Gasteiger partial charge in [0.15, 0.2) is 11.5 Å². The normalized spacial score (nSPS) is 21.4. The zero-order valence-electron chi connectivity index (χ0n) is 15.9. The van der Waals surface area contributed by atoms with Crippen molar-refractivity contribution in [3.05, 3.63) is 12.7 Å². The number of nitrogens with one attached hydrogen (secondary N) is 1. The number of imidazole rings is 1. The Balaban J connectivity index is 0.00000280. The Morgan fingerprint density at radius 1 is 1.17 bits per heavy atom. The number of hydrogen-bond donors (Lipinski definition) is 8. The average Bonchev–Trinajstić information content (AvgIpc) is 3.14. The molecule has 0 saturated carbocycles. The maximum atomic E-state index is 11.2. The molecule has 0 amide bonds. The van der Waals surface area contributed by atoms with Gasteiger partial charge in [-0.1, -0.05) is 0 Å². The van der Waals surface area contributed by atoms with Crippen LogP contribution in [0.15, 0.2) is 12.7 Å². The number of phosphoric acid groups is 2. The summed E-state index contributed by atoms with van der Waals surface area (Å²) in [6.07, 6.45) is -0.449. The number of ether oxygens (including phenoxy) is 1. The van der Waals surface area contributed by atoms with E-state index in [1.165, 1.54) is 17.2 Å². The van der Waals surface area contributed by atoms with Crippen LogP contribution in [0.4, 0.5) is 5.82 Å². The number of anilines is 1. The first-order chi connectivity index (χ1) is 12.6. The van der Waals surface area contributed by atoms with Gasteiger partial charge in [0, 0.05) is 13.5 Å². The minimum atomic E-state index is -4.87. The zero-order valence-corrected chi connectivity index (χ0v) is 17.7. The van der Waals surface area contributed by atoms with E-state index in [4.69, 9.17) is 28.8 Å². The smallest absolute Gasteiger partial charge is 0.371 e. The molecule has 2 aromatic rings. The highest BCUT2D eigenvalue weighted by molar-refractivity contribution is 7.46. The largest absolute Gasteiger partial charge is 0.469 e. The second-order valence-electron chi connectivity index (χ2n) is 5.58. The van der Waals surface area contributed by atoms with Gasteiger partial charge in [0.05, 0.1) is 12.9 Å². The number of hydrogen-bond acceptors (Lipinski definition) is 12. The molecule has 0 radical (unpaired) electrons. The molecule has 2 aromatic heterocycles. The molecule has 3 heterocycles. The summed E-state index contributed by atoms with van der Waals surface area (Å²) in [5.74, 6) is 0.473. The molecule has 2 unspecified atom stereocenters. The molecule has 0 aliphatic carbocycles. The highest BCUT2D eigenvalue weighted by atomic mass is 31.2. The van der Waals surface area contributed by atoms with E-state index >= 15 is 0 Å². The Kier molecular flexibility index (Phi) is 10.1. The van der Waals surface area contributed by atoms with E-state index in [0.717, 1.165) is 0 Å². The number of nitrogens with zero attached hydrogens (tertiary/aromatic N) is 4. The van der Waals surface area contributed by atoms with E-state index < -0.39 is 40.7 Å². The van der Waals surface area contributed by atoms with Crippen molar-refractivity contribution in [2.24, 2.45) is 0 Å².